The van der Waals surface area contributed by atoms with Crippen molar-refractivity contribution >= 4 is 16.0 Å². The highest BCUT2D eigenvalue weighted by molar-refractivity contribution is 7.89. The van der Waals surface area contributed by atoms with Gasteiger partial charge in [0.05, 0.1) is 4.90 Å². The van der Waals surface area contributed by atoms with E-state index in [0.29, 0.717) is 11.5 Å². The molecule has 0 fully saturated rings. The van der Waals surface area contributed by atoms with E-state index in [9.17, 15) is 18.3 Å². The zero-order chi connectivity index (χ0) is 21.2. The number of carboxylic acids is 1. The lowest BCUT2D eigenvalue weighted by Crippen LogP contribution is -2.44. The number of rotatable bonds is 7. The number of nitrogens with zero attached hydrogens (tertiary/aromatic N) is 2. The van der Waals surface area contributed by atoms with Gasteiger partial charge in [-0.05, 0) is 43.2 Å². The molecule has 29 heavy (non-hydrogen) atoms. The molecule has 0 aliphatic heterocycles. The molecule has 0 radical (unpaired) electrons. The Morgan fingerprint density at radius 2 is 1.66 bits per heavy atom. The van der Waals surface area contributed by atoms with Crippen LogP contribution in [-0.4, -0.2) is 35.7 Å². The van der Waals surface area contributed by atoms with Crippen LogP contribution >= 0.6 is 0 Å². The Bertz CT molecular complexity index is 1120. The molecule has 152 valence electrons. The van der Waals surface area contributed by atoms with Crippen molar-refractivity contribution in [1.82, 2.24) is 14.9 Å². The first-order chi connectivity index (χ1) is 13.7. The molecule has 1 unspecified atom stereocenters. The van der Waals surface area contributed by atoms with Crippen LogP contribution in [0.15, 0.2) is 57.8 Å². The van der Waals surface area contributed by atoms with E-state index in [1.54, 1.807) is 19.9 Å². The Morgan fingerprint density at radius 1 is 1.03 bits per heavy atom. The minimum atomic E-state index is -4.05. The Kier molecular flexibility index (Phi) is 5.81. The summed E-state index contributed by atoms with van der Waals surface area (Å²) in [5, 5.41) is 17.3. The quantitative estimate of drug-likeness (QED) is 0.608. The van der Waals surface area contributed by atoms with Crippen LogP contribution in [0.1, 0.15) is 19.4 Å². The molecular weight excluding hydrogens is 394 g/mol. The van der Waals surface area contributed by atoms with Gasteiger partial charge in [0.25, 0.3) is 0 Å². The molecule has 0 aliphatic carbocycles. The predicted octanol–water partition coefficient (Wildman–Crippen LogP) is 3.10. The van der Waals surface area contributed by atoms with Gasteiger partial charge in [0.15, 0.2) is 0 Å². The largest absolute Gasteiger partial charge is 0.480 e. The first-order valence-electron chi connectivity index (χ1n) is 8.93. The Hall–Kier alpha value is -3.04. The molecule has 9 heteroatoms. The fourth-order valence-electron chi connectivity index (χ4n) is 2.66. The Labute approximate surface area is 168 Å². The molecular formula is C20H21N3O5S. The lowest BCUT2D eigenvalue weighted by Gasteiger charge is -2.18. The second kappa shape index (κ2) is 8.14. The highest BCUT2D eigenvalue weighted by atomic mass is 32.2. The van der Waals surface area contributed by atoms with E-state index in [4.69, 9.17) is 4.42 Å². The van der Waals surface area contributed by atoms with Crippen LogP contribution in [0.25, 0.3) is 22.9 Å². The first kappa shape index (κ1) is 20.7. The molecule has 8 nitrogen and oxygen atoms in total. The van der Waals surface area contributed by atoms with Crippen LogP contribution in [0.5, 0.6) is 0 Å². The van der Waals surface area contributed by atoms with Crippen molar-refractivity contribution in [1.29, 1.82) is 0 Å². The number of aromatic nitrogens is 2. The second-order valence-corrected chi connectivity index (χ2v) is 8.70. The predicted molar refractivity (Wildman–Crippen MR) is 106 cm³/mol. The average molecular weight is 415 g/mol. The number of aryl methyl sites for hydroxylation is 1. The van der Waals surface area contributed by atoms with E-state index in [1.165, 1.54) is 18.2 Å². The van der Waals surface area contributed by atoms with E-state index in [0.717, 1.165) is 11.1 Å². The number of aliphatic carboxylic acids is 1. The average Bonchev–Trinajstić information content (AvgIpc) is 3.16. The molecule has 0 bridgehead atoms. The monoisotopic (exact) mass is 415 g/mol. The minimum Gasteiger partial charge on any atom is -0.480 e. The van der Waals surface area contributed by atoms with Crippen molar-refractivity contribution in [2.75, 3.05) is 0 Å². The van der Waals surface area contributed by atoms with Crippen LogP contribution in [-0.2, 0) is 14.8 Å². The molecule has 2 N–H and O–H groups in total. The van der Waals surface area contributed by atoms with Crippen molar-refractivity contribution < 1.29 is 22.7 Å². The van der Waals surface area contributed by atoms with Crippen molar-refractivity contribution in [3.63, 3.8) is 0 Å². The van der Waals surface area contributed by atoms with Gasteiger partial charge >= 0.3 is 5.97 Å². The maximum atomic E-state index is 12.7. The topological polar surface area (TPSA) is 122 Å². The van der Waals surface area contributed by atoms with Gasteiger partial charge in [-0.2, -0.15) is 4.72 Å². The van der Waals surface area contributed by atoms with Crippen molar-refractivity contribution in [2.24, 2.45) is 5.92 Å². The van der Waals surface area contributed by atoms with E-state index >= 15 is 0 Å². The van der Waals surface area contributed by atoms with Gasteiger partial charge in [0, 0.05) is 11.1 Å². The van der Waals surface area contributed by atoms with E-state index in [2.05, 4.69) is 14.9 Å². The number of sulfonamides is 1. The molecule has 0 amide bonds. The van der Waals surface area contributed by atoms with Gasteiger partial charge in [0.2, 0.25) is 21.8 Å². The standard InChI is InChI=1S/C20H21N3O5S/c1-12(2)17(20(24)25)23-29(26,27)16-6-4-5-15(11-16)19-22-21-18(28-19)14-9-7-13(3)8-10-14/h4-12,17,23H,1-3H3,(H,24,25). The lowest BCUT2D eigenvalue weighted by molar-refractivity contribution is -0.140. The summed E-state index contributed by atoms with van der Waals surface area (Å²) in [6.45, 7) is 5.22. The van der Waals surface area contributed by atoms with Gasteiger partial charge in [-0.15, -0.1) is 10.2 Å². The molecule has 3 aromatic rings. The van der Waals surface area contributed by atoms with Crippen LogP contribution in [0, 0.1) is 12.8 Å². The molecule has 1 heterocycles. The normalized spacial score (nSPS) is 12.8. The minimum absolute atomic E-state index is 0.0861. The van der Waals surface area contributed by atoms with E-state index in [-0.39, 0.29) is 10.8 Å². The molecule has 1 atom stereocenters. The first-order valence-corrected chi connectivity index (χ1v) is 10.4. The number of benzene rings is 2. The number of carbonyl (C=O) groups is 1. The third kappa shape index (κ3) is 4.69. The molecule has 0 spiro atoms. The summed E-state index contributed by atoms with van der Waals surface area (Å²) in [6, 6.07) is 12.2. The number of carboxylic acid groups (broad SMARTS) is 1. The SMILES string of the molecule is Cc1ccc(-c2nnc(-c3cccc(S(=O)(=O)NC(C(=O)O)C(C)C)c3)o2)cc1. The maximum absolute atomic E-state index is 12.7. The molecule has 1 aromatic heterocycles. The molecule has 0 aliphatic rings. The number of hydrogen-bond acceptors (Lipinski definition) is 6. The third-order valence-corrected chi connectivity index (χ3v) is 5.77. The third-order valence-electron chi connectivity index (χ3n) is 4.33. The van der Waals surface area contributed by atoms with Gasteiger partial charge in [0.1, 0.15) is 6.04 Å². The summed E-state index contributed by atoms with van der Waals surface area (Å²) in [6.07, 6.45) is 0. The van der Waals surface area contributed by atoms with Crippen molar-refractivity contribution in [2.45, 2.75) is 31.7 Å². The Balaban J connectivity index is 1.90. The summed E-state index contributed by atoms with van der Waals surface area (Å²) in [5.74, 6) is -1.17. The van der Waals surface area contributed by atoms with Crippen LogP contribution in [0.2, 0.25) is 0 Å². The van der Waals surface area contributed by atoms with E-state index < -0.39 is 28.0 Å². The van der Waals surface area contributed by atoms with Crippen LogP contribution < -0.4 is 4.72 Å². The number of hydrogen-bond donors (Lipinski definition) is 2. The van der Waals surface area contributed by atoms with Crippen molar-refractivity contribution in [3.8, 4) is 22.9 Å². The summed E-state index contributed by atoms with van der Waals surface area (Å²) in [7, 11) is -4.05. The van der Waals surface area contributed by atoms with Crippen molar-refractivity contribution in [3.05, 3.63) is 54.1 Å². The maximum Gasteiger partial charge on any atom is 0.322 e. The highest BCUT2D eigenvalue weighted by Crippen LogP contribution is 2.26. The zero-order valence-electron chi connectivity index (χ0n) is 16.2. The van der Waals surface area contributed by atoms with Gasteiger partial charge in [-0.3, -0.25) is 4.79 Å². The Morgan fingerprint density at radius 3 is 2.24 bits per heavy atom. The zero-order valence-corrected chi connectivity index (χ0v) is 17.0. The molecule has 0 saturated carbocycles. The van der Waals surface area contributed by atoms with Gasteiger partial charge < -0.3 is 9.52 Å². The summed E-state index contributed by atoms with van der Waals surface area (Å²) in [4.78, 5) is 11.3. The summed E-state index contributed by atoms with van der Waals surface area (Å²) >= 11 is 0. The van der Waals surface area contributed by atoms with Gasteiger partial charge in [-0.1, -0.05) is 37.6 Å². The fraction of sp³-hybridized carbons (Fsp3) is 0.250. The highest BCUT2D eigenvalue weighted by Gasteiger charge is 2.28. The van der Waals surface area contributed by atoms with E-state index in [1.807, 2.05) is 31.2 Å². The summed E-state index contributed by atoms with van der Waals surface area (Å²) < 4.78 is 33.2. The number of nitrogens with one attached hydrogen (secondary N) is 1. The lowest BCUT2D eigenvalue weighted by atomic mass is 10.1. The second-order valence-electron chi connectivity index (χ2n) is 6.99. The van der Waals surface area contributed by atoms with Crippen LogP contribution in [0.3, 0.4) is 0 Å². The molecule has 2 aromatic carbocycles. The smallest absolute Gasteiger partial charge is 0.322 e. The summed E-state index contributed by atoms with van der Waals surface area (Å²) in [5.41, 5.74) is 2.26. The molecule has 3 rings (SSSR count). The molecule has 0 saturated heterocycles. The van der Waals surface area contributed by atoms with Crippen LogP contribution in [0.4, 0.5) is 0 Å². The fourth-order valence-corrected chi connectivity index (χ4v) is 4.04. The van der Waals surface area contributed by atoms with Gasteiger partial charge in [-0.25, -0.2) is 8.42 Å².